The fourth-order valence-corrected chi connectivity index (χ4v) is 1.64. The summed E-state index contributed by atoms with van der Waals surface area (Å²) >= 11 is 0. The summed E-state index contributed by atoms with van der Waals surface area (Å²) in [4.78, 5) is 34.1. The van der Waals surface area contributed by atoms with Gasteiger partial charge in [-0.2, -0.15) is 0 Å². The Labute approximate surface area is 129 Å². The lowest BCUT2D eigenvalue weighted by atomic mass is 10.1. The standard InChI is InChI=1S/C17H20O5/c1-13(2)17(20)21-11-7-6-10-15(18)22-16(19)12-14-8-4-3-5-9-14/h3-5,8-9H,1,6-7,10-12H2,2H3. The summed E-state index contributed by atoms with van der Waals surface area (Å²) < 4.78 is 9.61. The van der Waals surface area contributed by atoms with Gasteiger partial charge in [0.25, 0.3) is 0 Å². The molecule has 5 heteroatoms. The van der Waals surface area contributed by atoms with Crippen molar-refractivity contribution in [1.82, 2.24) is 0 Å². The molecule has 0 aliphatic heterocycles. The molecule has 118 valence electrons. The molecular weight excluding hydrogens is 284 g/mol. The summed E-state index contributed by atoms with van der Waals surface area (Å²) in [5.74, 6) is -1.57. The van der Waals surface area contributed by atoms with Gasteiger partial charge in [-0.1, -0.05) is 36.9 Å². The van der Waals surface area contributed by atoms with Crippen molar-refractivity contribution in [2.24, 2.45) is 0 Å². The van der Waals surface area contributed by atoms with Crippen molar-refractivity contribution in [3.63, 3.8) is 0 Å². The Bertz CT molecular complexity index is 533. The summed E-state index contributed by atoms with van der Waals surface area (Å²) in [7, 11) is 0. The number of esters is 3. The van der Waals surface area contributed by atoms with Crippen LogP contribution in [-0.4, -0.2) is 24.5 Å². The van der Waals surface area contributed by atoms with Crippen molar-refractivity contribution in [3.05, 3.63) is 48.0 Å². The monoisotopic (exact) mass is 304 g/mol. The Balaban J connectivity index is 2.14. The third-order valence-electron chi connectivity index (χ3n) is 2.78. The number of benzene rings is 1. The molecule has 0 heterocycles. The van der Waals surface area contributed by atoms with E-state index in [-0.39, 0.29) is 19.4 Å². The molecule has 0 aliphatic rings. The SMILES string of the molecule is C=C(C)C(=O)OCCCCC(=O)OC(=O)Cc1ccccc1. The van der Waals surface area contributed by atoms with Crippen LogP contribution in [0.1, 0.15) is 31.7 Å². The molecule has 1 aromatic rings. The first-order valence-corrected chi connectivity index (χ1v) is 7.09. The summed E-state index contributed by atoms with van der Waals surface area (Å²) in [5.41, 5.74) is 1.14. The minimum absolute atomic E-state index is 0.0722. The van der Waals surface area contributed by atoms with Crippen LogP contribution in [0.4, 0.5) is 0 Å². The van der Waals surface area contributed by atoms with Gasteiger partial charge in [-0.3, -0.25) is 9.59 Å². The average Bonchev–Trinajstić information content (AvgIpc) is 2.47. The van der Waals surface area contributed by atoms with Gasteiger partial charge in [-0.15, -0.1) is 0 Å². The molecule has 0 radical (unpaired) electrons. The average molecular weight is 304 g/mol. The van der Waals surface area contributed by atoms with Gasteiger partial charge in [0.15, 0.2) is 0 Å². The molecule has 1 rings (SSSR count). The maximum absolute atomic E-state index is 11.6. The summed E-state index contributed by atoms with van der Waals surface area (Å²) in [6, 6.07) is 9.07. The largest absolute Gasteiger partial charge is 0.462 e. The third-order valence-corrected chi connectivity index (χ3v) is 2.78. The van der Waals surface area contributed by atoms with Gasteiger partial charge >= 0.3 is 17.9 Å². The Morgan fingerprint density at radius 3 is 2.36 bits per heavy atom. The fraction of sp³-hybridized carbons (Fsp3) is 0.353. The number of ether oxygens (including phenoxy) is 2. The summed E-state index contributed by atoms with van der Waals surface area (Å²) in [6.45, 7) is 5.25. The fourth-order valence-electron chi connectivity index (χ4n) is 1.64. The first-order valence-electron chi connectivity index (χ1n) is 7.09. The first kappa shape index (κ1) is 17.6. The molecule has 0 unspecified atom stereocenters. The number of carbonyl (C=O) groups is 3. The molecule has 5 nitrogen and oxygen atoms in total. The van der Waals surface area contributed by atoms with Crippen molar-refractivity contribution in [2.75, 3.05) is 6.61 Å². The molecule has 0 amide bonds. The quantitative estimate of drug-likeness (QED) is 0.319. The van der Waals surface area contributed by atoms with Gasteiger partial charge < -0.3 is 9.47 Å². The number of unbranched alkanes of at least 4 members (excludes halogenated alkanes) is 1. The molecule has 0 atom stereocenters. The lowest BCUT2D eigenvalue weighted by Crippen LogP contribution is -2.14. The number of carbonyl (C=O) groups excluding carboxylic acids is 3. The van der Waals surface area contributed by atoms with Gasteiger partial charge in [0.2, 0.25) is 0 Å². The van der Waals surface area contributed by atoms with Crippen molar-refractivity contribution < 1.29 is 23.9 Å². The van der Waals surface area contributed by atoms with E-state index in [1.54, 1.807) is 19.1 Å². The molecular formula is C17H20O5. The molecule has 0 aromatic heterocycles. The highest BCUT2D eigenvalue weighted by atomic mass is 16.6. The van der Waals surface area contributed by atoms with Crippen LogP contribution in [0.2, 0.25) is 0 Å². The topological polar surface area (TPSA) is 69.7 Å². The molecule has 0 aliphatic carbocycles. The van der Waals surface area contributed by atoms with E-state index < -0.39 is 17.9 Å². The van der Waals surface area contributed by atoms with E-state index >= 15 is 0 Å². The van der Waals surface area contributed by atoms with Crippen molar-refractivity contribution in [3.8, 4) is 0 Å². The maximum atomic E-state index is 11.6. The van der Waals surface area contributed by atoms with Crippen molar-refractivity contribution in [1.29, 1.82) is 0 Å². The molecule has 0 fully saturated rings. The predicted octanol–water partition coefficient (Wildman–Crippen LogP) is 2.59. The lowest BCUT2D eigenvalue weighted by Gasteiger charge is -2.05. The third kappa shape index (κ3) is 7.38. The van der Waals surface area contributed by atoms with Gasteiger partial charge in [0.05, 0.1) is 13.0 Å². The number of rotatable bonds is 8. The minimum Gasteiger partial charge on any atom is -0.462 e. The molecule has 1 aromatic carbocycles. The van der Waals surface area contributed by atoms with Crippen molar-refractivity contribution in [2.45, 2.75) is 32.6 Å². The molecule has 0 N–H and O–H groups in total. The van der Waals surface area contributed by atoms with E-state index in [0.29, 0.717) is 18.4 Å². The van der Waals surface area contributed by atoms with Crippen LogP contribution in [0.25, 0.3) is 0 Å². The van der Waals surface area contributed by atoms with E-state index in [4.69, 9.17) is 9.47 Å². The van der Waals surface area contributed by atoms with E-state index in [1.807, 2.05) is 18.2 Å². The van der Waals surface area contributed by atoms with E-state index in [9.17, 15) is 14.4 Å². The smallest absolute Gasteiger partial charge is 0.333 e. The van der Waals surface area contributed by atoms with Crippen LogP contribution in [0.15, 0.2) is 42.5 Å². The number of hydrogen-bond acceptors (Lipinski definition) is 5. The number of hydrogen-bond donors (Lipinski definition) is 0. The highest BCUT2D eigenvalue weighted by Crippen LogP contribution is 2.04. The van der Waals surface area contributed by atoms with Crippen LogP contribution in [0.3, 0.4) is 0 Å². The second-order valence-corrected chi connectivity index (χ2v) is 4.88. The van der Waals surface area contributed by atoms with Crippen LogP contribution >= 0.6 is 0 Å². The van der Waals surface area contributed by atoms with E-state index in [2.05, 4.69) is 6.58 Å². The zero-order chi connectivity index (χ0) is 16.4. The first-order chi connectivity index (χ1) is 10.5. The second-order valence-electron chi connectivity index (χ2n) is 4.88. The summed E-state index contributed by atoms with van der Waals surface area (Å²) in [5, 5.41) is 0. The minimum atomic E-state index is -0.565. The van der Waals surface area contributed by atoms with Crippen molar-refractivity contribution >= 4 is 17.9 Å². The normalized spacial score (nSPS) is 9.86. The lowest BCUT2D eigenvalue weighted by molar-refractivity contribution is -0.159. The van der Waals surface area contributed by atoms with Gasteiger partial charge in [-0.05, 0) is 25.3 Å². The zero-order valence-electron chi connectivity index (χ0n) is 12.7. The molecule has 0 bridgehead atoms. The van der Waals surface area contributed by atoms with Gasteiger partial charge in [-0.25, -0.2) is 4.79 Å². The molecule has 0 spiro atoms. The van der Waals surface area contributed by atoms with Gasteiger partial charge in [0, 0.05) is 12.0 Å². The highest BCUT2D eigenvalue weighted by Gasteiger charge is 2.11. The Morgan fingerprint density at radius 1 is 1.05 bits per heavy atom. The zero-order valence-corrected chi connectivity index (χ0v) is 12.7. The van der Waals surface area contributed by atoms with E-state index in [0.717, 1.165) is 5.56 Å². The Kier molecular flexibility index (Phi) is 7.61. The van der Waals surface area contributed by atoms with Gasteiger partial charge in [0.1, 0.15) is 0 Å². The predicted molar refractivity (Wildman–Crippen MR) is 80.9 cm³/mol. The highest BCUT2D eigenvalue weighted by molar-refractivity contribution is 5.87. The van der Waals surface area contributed by atoms with E-state index in [1.165, 1.54) is 0 Å². The second kappa shape index (κ2) is 9.50. The molecule has 0 saturated carbocycles. The van der Waals surface area contributed by atoms with Crippen LogP contribution in [-0.2, 0) is 30.3 Å². The Hall–Kier alpha value is -2.43. The Morgan fingerprint density at radius 2 is 1.73 bits per heavy atom. The molecule has 0 saturated heterocycles. The van der Waals surface area contributed by atoms with Crippen LogP contribution in [0, 0.1) is 0 Å². The summed E-state index contributed by atoms with van der Waals surface area (Å²) in [6.07, 6.45) is 1.20. The molecule has 22 heavy (non-hydrogen) atoms. The van der Waals surface area contributed by atoms with Crippen LogP contribution < -0.4 is 0 Å². The maximum Gasteiger partial charge on any atom is 0.333 e. The van der Waals surface area contributed by atoms with Crippen LogP contribution in [0.5, 0.6) is 0 Å².